The van der Waals surface area contributed by atoms with Crippen LogP contribution in [-0.2, 0) is 15.0 Å². The molecule has 0 saturated carbocycles. The molecule has 4 heteroatoms. The predicted molar refractivity (Wildman–Crippen MR) is 82.2 cm³/mol. The van der Waals surface area contributed by atoms with Crippen molar-refractivity contribution in [2.24, 2.45) is 0 Å². The van der Waals surface area contributed by atoms with E-state index in [4.69, 9.17) is 4.98 Å². The van der Waals surface area contributed by atoms with E-state index in [0.29, 0.717) is 11.2 Å². The third-order valence-electron chi connectivity index (χ3n) is 3.76. The van der Waals surface area contributed by atoms with Gasteiger partial charge < -0.3 is 0 Å². The van der Waals surface area contributed by atoms with Gasteiger partial charge in [0.2, 0.25) is 11.8 Å². The van der Waals surface area contributed by atoms with Crippen LogP contribution in [0.3, 0.4) is 0 Å². The Labute approximate surface area is 123 Å². The largest absolute Gasteiger partial charge is 0.274 e. The van der Waals surface area contributed by atoms with Gasteiger partial charge in [0.1, 0.15) is 0 Å². The second kappa shape index (κ2) is 4.65. The van der Waals surface area contributed by atoms with Crippen molar-refractivity contribution in [2.45, 2.75) is 39.0 Å². The lowest BCUT2D eigenvalue weighted by atomic mass is 9.91. The number of rotatable bonds is 1. The van der Waals surface area contributed by atoms with E-state index in [1.54, 1.807) is 6.07 Å². The second-order valence-electron chi connectivity index (χ2n) is 6.42. The molecule has 0 atom stereocenters. The number of fused-ring (bicyclic) bond motifs is 1. The molecule has 1 aromatic heterocycles. The van der Waals surface area contributed by atoms with Crippen molar-refractivity contribution >= 4 is 28.4 Å². The van der Waals surface area contributed by atoms with Gasteiger partial charge in [-0.2, -0.15) is 0 Å². The van der Waals surface area contributed by atoms with Crippen molar-refractivity contribution in [1.82, 2.24) is 4.98 Å². The molecule has 2 heterocycles. The highest BCUT2D eigenvalue weighted by Crippen LogP contribution is 2.31. The Hall–Kier alpha value is -2.23. The smallest absolute Gasteiger partial charge is 0.234 e. The zero-order chi connectivity index (χ0) is 15.2. The Bertz CT molecular complexity index is 728. The number of nitrogens with zero attached hydrogens (tertiary/aromatic N) is 2. The Balaban J connectivity index is 2.23. The highest BCUT2D eigenvalue weighted by molar-refractivity contribution is 6.22. The number of amides is 2. The molecule has 1 aromatic carbocycles. The minimum Gasteiger partial charge on any atom is -0.274 e. The van der Waals surface area contributed by atoms with Gasteiger partial charge in [-0.25, -0.2) is 4.90 Å². The van der Waals surface area contributed by atoms with Gasteiger partial charge in [0, 0.05) is 29.3 Å². The molecular formula is C17H18N2O2. The molecule has 108 valence electrons. The Morgan fingerprint density at radius 1 is 1.00 bits per heavy atom. The number of hydrogen-bond donors (Lipinski definition) is 0. The lowest BCUT2D eigenvalue weighted by Crippen LogP contribution is -2.29. The quantitative estimate of drug-likeness (QED) is 0.755. The predicted octanol–water partition coefficient (Wildman–Crippen LogP) is 3.19. The normalized spacial score (nSPS) is 16.0. The summed E-state index contributed by atoms with van der Waals surface area (Å²) in [6.07, 6.45) is 0.572. The molecule has 1 fully saturated rings. The van der Waals surface area contributed by atoms with Crippen molar-refractivity contribution in [2.75, 3.05) is 4.90 Å². The van der Waals surface area contributed by atoms with E-state index < -0.39 is 0 Å². The summed E-state index contributed by atoms with van der Waals surface area (Å²) in [6, 6.07) is 9.60. The topological polar surface area (TPSA) is 50.3 Å². The summed E-state index contributed by atoms with van der Waals surface area (Å²) in [6.45, 7) is 6.28. The maximum absolute atomic E-state index is 12.0. The highest BCUT2D eigenvalue weighted by Gasteiger charge is 2.31. The maximum Gasteiger partial charge on any atom is 0.234 e. The monoisotopic (exact) mass is 282 g/mol. The molecule has 1 saturated heterocycles. The zero-order valence-corrected chi connectivity index (χ0v) is 12.5. The molecule has 0 N–H and O–H groups in total. The number of para-hydroxylation sites is 1. The van der Waals surface area contributed by atoms with Gasteiger partial charge in [0.25, 0.3) is 0 Å². The lowest BCUT2D eigenvalue weighted by Gasteiger charge is -2.20. The average molecular weight is 282 g/mol. The summed E-state index contributed by atoms with van der Waals surface area (Å²) in [4.78, 5) is 30.0. The number of anilines is 1. The SMILES string of the molecule is CC(C)(C)c1ccc2cccc(N3C(=O)CCC3=O)c2n1. The van der Waals surface area contributed by atoms with E-state index in [0.717, 1.165) is 11.1 Å². The fourth-order valence-electron chi connectivity index (χ4n) is 2.57. The van der Waals surface area contributed by atoms with Crippen LogP contribution >= 0.6 is 0 Å². The van der Waals surface area contributed by atoms with E-state index in [9.17, 15) is 9.59 Å². The molecule has 1 aliphatic heterocycles. The molecule has 0 spiro atoms. The van der Waals surface area contributed by atoms with Crippen LogP contribution in [0.4, 0.5) is 5.69 Å². The number of carbonyl (C=O) groups is 2. The van der Waals surface area contributed by atoms with Crippen LogP contribution in [0.25, 0.3) is 10.9 Å². The van der Waals surface area contributed by atoms with Gasteiger partial charge in [-0.15, -0.1) is 0 Å². The molecule has 0 radical (unpaired) electrons. The van der Waals surface area contributed by atoms with Crippen LogP contribution in [-0.4, -0.2) is 16.8 Å². The van der Waals surface area contributed by atoms with E-state index in [2.05, 4.69) is 20.8 Å². The first kappa shape index (κ1) is 13.7. The van der Waals surface area contributed by atoms with Crippen LogP contribution in [0.15, 0.2) is 30.3 Å². The van der Waals surface area contributed by atoms with Gasteiger partial charge >= 0.3 is 0 Å². The molecule has 4 nitrogen and oxygen atoms in total. The fourth-order valence-corrected chi connectivity index (χ4v) is 2.57. The van der Waals surface area contributed by atoms with E-state index >= 15 is 0 Å². The van der Waals surface area contributed by atoms with Crippen molar-refractivity contribution < 1.29 is 9.59 Å². The van der Waals surface area contributed by atoms with Crippen molar-refractivity contribution in [3.8, 4) is 0 Å². The number of aromatic nitrogens is 1. The van der Waals surface area contributed by atoms with E-state index in [1.807, 2.05) is 24.3 Å². The minimum absolute atomic E-state index is 0.0830. The van der Waals surface area contributed by atoms with Crippen molar-refractivity contribution in [3.05, 3.63) is 36.0 Å². The molecule has 1 aliphatic rings. The number of imide groups is 1. The van der Waals surface area contributed by atoms with Crippen LogP contribution in [0, 0.1) is 0 Å². The van der Waals surface area contributed by atoms with Crippen LogP contribution in [0.1, 0.15) is 39.3 Å². The van der Waals surface area contributed by atoms with Gasteiger partial charge in [-0.3, -0.25) is 14.6 Å². The number of carbonyl (C=O) groups excluding carboxylic acids is 2. The summed E-state index contributed by atoms with van der Waals surface area (Å²) >= 11 is 0. The summed E-state index contributed by atoms with van der Waals surface area (Å²) in [7, 11) is 0. The summed E-state index contributed by atoms with van der Waals surface area (Å²) < 4.78 is 0. The first-order valence-electron chi connectivity index (χ1n) is 7.14. The van der Waals surface area contributed by atoms with Crippen molar-refractivity contribution in [3.63, 3.8) is 0 Å². The molecule has 0 bridgehead atoms. The van der Waals surface area contributed by atoms with Gasteiger partial charge in [-0.05, 0) is 12.1 Å². The first-order valence-corrected chi connectivity index (χ1v) is 7.14. The summed E-state index contributed by atoms with van der Waals surface area (Å²) in [5, 5.41) is 0.938. The molecule has 2 aromatic rings. The summed E-state index contributed by atoms with van der Waals surface area (Å²) in [5.41, 5.74) is 2.18. The second-order valence-corrected chi connectivity index (χ2v) is 6.42. The molecule has 0 unspecified atom stereocenters. The van der Waals surface area contributed by atoms with Crippen LogP contribution < -0.4 is 4.90 Å². The standard InChI is InChI=1S/C17H18N2O2/c1-17(2,3)13-8-7-11-5-4-6-12(16(11)18-13)19-14(20)9-10-15(19)21/h4-8H,9-10H2,1-3H3. The molecular weight excluding hydrogens is 264 g/mol. The number of benzene rings is 1. The molecule has 0 aliphatic carbocycles. The Kier molecular flexibility index (Phi) is 3.04. The fraction of sp³-hybridized carbons (Fsp3) is 0.353. The number of hydrogen-bond acceptors (Lipinski definition) is 3. The maximum atomic E-state index is 12.0. The minimum atomic E-state index is -0.143. The van der Waals surface area contributed by atoms with Gasteiger partial charge in [0.05, 0.1) is 11.2 Å². The third kappa shape index (κ3) is 2.31. The lowest BCUT2D eigenvalue weighted by molar-refractivity contribution is -0.121. The Morgan fingerprint density at radius 3 is 2.29 bits per heavy atom. The van der Waals surface area contributed by atoms with E-state index in [-0.39, 0.29) is 30.1 Å². The third-order valence-corrected chi connectivity index (χ3v) is 3.76. The molecule has 21 heavy (non-hydrogen) atoms. The van der Waals surface area contributed by atoms with Crippen LogP contribution in [0.2, 0.25) is 0 Å². The average Bonchev–Trinajstić information content (AvgIpc) is 2.76. The zero-order valence-electron chi connectivity index (χ0n) is 12.5. The molecule has 2 amide bonds. The summed E-state index contributed by atoms with van der Waals surface area (Å²) in [5.74, 6) is -0.286. The van der Waals surface area contributed by atoms with Gasteiger partial charge in [-0.1, -0.05) is 39.0 Å². The Morgan fingerprint density at radius 2 is 1.67 bits per heavy atom. The van der Waals surface area contributed by atoms with E-state index in [1.165, 1.54) is 4.90 Å². The van der Waals surface area contributed by atoms with Crippen LogP contribution in [0.5, 0.6) is 0 Å². The molecule has 3 rings (SSSR count). The number of pyridine rings is 1. The highest BCUT2D eigenvalue weighted by atomic mass is 16.2. The van der Waals surface area contributed by atoms with Gasteiger partial charge in [0.15, 0.2) is 0 Å². The first-order chi connectivity index (χ1) is 9.88. The van der Waals surface area contributed by atoms with Crippen molar-refractivity contribution in [1.29, 1.82) is 0 Å².